The maximum absolute atomic E-state index is 13.9. The third kappa shape index (κ3) is 5.81. The van der Waals surface area contributed by atoms with Crippen LogP contribution in [-0.2, 0) is 35.1 Å². The van der Waals surface area contributed by atoms with Gasteiger partial charge in [-0.05, 0) is 36.8 Å². The second kappa shape index (κ2) is 11.6. The van der Waals surface area contributed by atoms with Crippen LogP contribution >= 0.6 is 0 Å². The fourth-order valence-corrected chi connectivity index (χ4v) is 5.11. The van der Waals surface area contributed by atoms with Gasteiger partial charge in [-0.1, -0.05) is 51.1 Å². The first-order valence-electron chi connectivity index (χ1n) is 12.6. The van der Waals surface area contributed by atoms with Crippen LogP contribution in [0.1, 0.15) is 52.5 Å². The van der Waals surface area contributed by atoms with Crippen molar-refractivity contribution in [2.75, 3.05) is 27.4 Å². The first-order chi connectivity index (χ1) is 17.0. The Balaban J connectivity index is 2.03. The molecule has 1 aromatic carbocycles. The van der Waals surface area contributed by atoms with Crippen LogP contribution in [0, 0.1) is 16.7 Å². The van der Waals surface area contributed by atoms with Gasteiger partial charge in [-0.25, -0.2) is 0 Å². The molecule has 198 valence electrons. The summed E-state index contributed by atoms with van der Waals surface area (Å²) in [7, 11) is 2.96. The van der Waals surface area contributed by atoms with Gasteiger partial charge in [-0.3, -0.25) is 14.4 Å². The van der Waals surface area contributed by atoms with E-state index in [1.807, 2.05) is 43.3 Å². The number of hydrogen-bond donors (Lipinski definition) is 1. The summed E-state index contributed by atoms with van der Waals surface area (Å²) < 4.78 is 16.7. The van der Waals surface area contributed by atoms with Crippen molar-refractivity contribution in [1.82, 2.24) is 10.2 Å². The van der Waals surface area contributed by atoms with E-state index in [-0.39, 0.29) is 36.2 Å². The molecule has 1 saturated heterocycles. The Morgan fingerprint density at radius 3 is 2.50 bits per heavy atom. The standard InChI is InChI=1S/C28H40N2O6/c1-19-28(26(33)35-6)17-21(15-24(31)29-13-10-14-34-5)25(32)30(18-20-11-8-7-9-12-20)22(28)16-23(36-19)27(2,3)4/h7-9,11-12,16,19,21,23H,10,13-15,17-18H2,1-6H3,(H,29,31)/t19-,21-,23-,28+/m0/s1. The van der Waals surface area contributed by atoms with Gasteiger partial charge in [0.25, 0.3) is 0 Å². The van der Waals surface area contributed by atoms with Gasteiger partial charge in [-0.2, -0.15) is 0 Å². The molecule has 1 fully saturated rings. The lowest BCUT2D eigenvalue weighted by Crippen LogP contribution is -2.61. The Morgan fingerprint density at radius 2 is 1.89 bits per heavy atom. The average molecular weight is 501 g/mol. The number of benzene rings is 1. The summed E-state index contributed by atoms with van der Waals surface area (Å²) in [5, 5.41) is 2.86. The third-order valence-electron chi connectivity index (χ3n) is 7.15. The van der Waals surface area contributed by atoms with Gasteiger partial charge >= 0.3 is 5.97 Å². The minimum atomic E-state index is -1.19. The van der Waals surface area contributed by atoms with Gasteiger partial charge < -0.3 is 24.4 Å². The zero-order valence-electron chi connectivity index (χ0n) is 22.3. The Kier molecular flexibility index (Phi) is 8.95. The molecular weight excluding hydrogens is 460 g/mol. The van der Waals surface area contributed by atoms with Crippen LogP contribution in [0.4, 0.5) is 0 Å². The van der Waals surface area contributed by atoms with Crippen LogP contribution in [0.5, 0.6) is 0 Å². The zero-order chi connectivity index (χ0) is 26.5. The number of carbonyl (C=O) groups excluding carboxylic acids is 3. The minimum Gasteiger partial charge on any atom is -0.468 e. The summed E-state index contributed by atoms with van der Waals surface area (Å²) in [6, 6.07) is 9.65. The highest BCUT2D eigenvalue weighted by Crippen LogP contribution is 2.52. The fourth-order valence-electron chi connectivity index (χ4n) is 5.11. The van der Waals surface area contributed by atoms with E-state index in [0.29, 0.717) is 31.8 Å². The third-order valence-corrected chi connectivity index (χ3v) is 7.15. The van der Waals surface area contributed by atoms with E-state index in [1.165, 1.54) is 7.11 Å². The number of ether oxygens (including phenoxy) is 3. The number of nitrogens with zero attached hydrogens (tertiary/aromatic N) is 1. The molecule has 0 aliphatic carbocycles. The largest absolute Gasteiger partial charge is 0.468 e. The van der Waals surface area contributed by atoms with Crippen molar-refractivity contribution in [3.05, 3.63) is 47.7 Å². The average Bonchev–Trinajstić information content (AvgIpc) is 2.84. The highest BCUT2D eigenvalue weighted by molar-refractivity contribution is 5.92. The van der Waals surface area contributed by atoms with Crippen molar-refractivity contribution in [3.8, 4) is 0 Å². The summed E-state index contributed by atoms with van der Waals surface area (Å²) in [4.78, 5) is 41.8. The number of esters is 1. The second-order valence-electron chi connectivity index (χ2n) is 10.8. The van der Waals surface area contributed by atoms with Crippen LogP contribution in [0.15, 0.2) is 42.1 Å². The predicted molar refractivity (Wildman–Crippen MR) is 136 cm³/mol. The van der Waals surface area contributed by atoms with Crippen LogP contribution in [-0.4, -0.2) is 62.3 Å². The quantitative estimate of drug-likeness (QED) is 0.412. The number of hydrogen-bond acceptors (Lipinski definition) is 6. The van der Waals surface area contributed by atoms with Crippen LogP contribution in [0.2, 0.25) is 0 Å². The van der Waals surface area contributed by atoms with E-state index < -0.39 is 23.4 Å². The molecule has 36 heavy (non-hydrogen) atoms. The summed E-state index contributed by atoms with van der Waals surface area (Å²) in [5.74, 6) is -1.54. The van der Waals surface area contributed by atoms with Gasteiger partial charge in [0.15, 0.2) is 0 Å². The molecule has 0 bridgehead atoms. The number of likely N-dealkylation sites (tertiary alicyclic amines) is 1. The van der Waals surface area contributed by atoms with E-state index in [1.54, 1.807) is 12.0 Å². The lowest BCUT2D eigenvalue weighted by atomic mass is 9.65. The molecule has 0 aromatic heterocycles. The van der Waals surface area contributed by atoms with Gasteiger partial charge in [0.2, 0.25) is 11.8 Å². The first-order valence-corrected chi connectivity index (χ1v) is 12.6. The topological polar surface area (TPSA) is 94.2 Å². The Bertz CT molecular complexity index is 970. The van der Waals surface area contributed by atoms with Gasteiger partial charge in [0.1, 0.15) is 5.41 Å². The summed E-state index contributed by atoms with van der Waals surface area (Å²) in [6.45, 7) is 9.35. The van der Waals surface area contributed by atoms with E-state index in [2.05, 4.69) is 26.1 Å². The van der Waals surface area contributed by atoms with E-state index in [9.17, 15) is 14.4 Å². The molecule has 8 heteroatoms. The molecule has 2 heterocycles. The number of rotatable bonds is 9. The van der Waals surface area contributed by atoms with Crippen molar-refractivity contribution in [2.24, 2.45) is 16.7 Å². The van der Waals surface area contributed by atoms with Gasteiger partial charge in [0.05, 0.1) is 25.9 Å². The number of carbonyl (C=O) groups is 3. The second-order valence-corrected chi connectivity index (χ2v) is 10.8. The maximum atomic E-state index is 13.9. The smallest absolute Gasteiger partial charge is 0.320 e. The number of piperidine rings is 1. The molecule has 3 rings (SSSR count). The summed E-state index contributed by atoms with van der Waals surface area (Å²) in [6.07, 6.45) is 1.88. The monoisotopic (exact) mass is 500 g/mol. The molecule has 2 aliphatic heterocycles. The van der Waals surface area contributed by atoms with Crippen molar-refractivity contribution in [3.63, 3.8) is 0 Å². The lowest BCUT2D eigenvalue weighted by molar-refractivity contribution is -0.180. The SMILES string of the molecule is COCCCNC(=O)C[C@H]1C[C@]2(C(=O)OC)C(=C[C@@H](C(C)(C)C)O[C@H]2C)N(Cc2ccccc2)C1=O. The van der Waals surface area contributed by atoms with Crippen LogP contribution in [0.3, 0.4) is 0 Å². The van der Waals surface area contributed by atoms with Gasteiger partial charge in [-0.15, -0.1) is 0 Å². The minimum absolute atomic E-state index is 0.0153. The molecule has 0 saturated carbocycles. The molecule has 1 aromatic rings. The molecule has 1 N–H and O–H groups in total. The number of amides is 2. The molecule has 0 spiro atoms. The van der Waals surface area contributed by atoms with Crippen molar-refractivity contribution in [2.45, 2.75) is 65.7 Å². The number of methoxy groups -OCH3 is 2. The van der Waals surface area contributed by atoms with Crippen LogP contribution < -0.4 is 5.32 Å². The van der Waals surface area contributed by atoms with Crippen molar-refractivity contribution >= 4 is 17.8 Å². The zero-order valence-corrected chi connectivity index (χ0v) is 22.3. The molecule has 8 nitrogen and oxygen atoms in total. The van der Waals surface area contributed by atoms with E-state index >= 15 is 0 Å². The molecule has 2 amide bonds. The summed E-state index contributed by atoms with van der Waals surface area (Å²) >= 11 is 0. The number of fused-ring (bicyclic) bond motifs is 1. The summed E-state index contributed by atoms with van der Waals surface area (Å²) in [5.41, 5.74) is 0.102. The molecular formula is C28H40N2O6. The van der Waals surface area contributed by atoms with Crippen molar-refractivity contribution in [1.29, 1.82) is 0 Å². The number of nitrogens with one attached hydrogen (secondary N) is 1. The van der Waals surface area contributed by atoms with Gasteiger partial charge in [0, 0.05) is 38.3 Å². The highest BCUT2D eigenvalue weighted by Gasteiger charge is 2.60. The molecule has 2 aliphatic rings. The maximum Gasteiger partial charge on any atom is 0.320 e. The Hall–Kier alpha value is -2.71. The van der Waals surface area contributed by atoms with E-state index in [0.717, 1.165) is 5.56 Å². The molecule has 0 radical (unpaired) electrons. The highest BCUT2D eigenvalue weighted by atomic mass is 16.5. The van der Waals surface area contributed by atoms with Crippen molar-refractivity contribution < 1.29 is 28.6 Å². The fraction of sp³-hybridized carbons (Fsp3) is 0.607. The molecule has 4 atom stereocenters. The lowest BCUT2D eigenvalue weighted by Gasteiger charge is -2.53. The molecule has 0 unspecified atom stereocenters. The Morgan fingerprint density at radius 1 is 1.19 bits per heavy atom. The van der Waals surface area contributed by atoms with E-state index in [4.69, 9.17) is 14.2 Å². The van der Waals surface area contributed by atoms with Crippen LogP contribution in [0.25, 0.3) is 0 Å². The Labute approximate surface area is 214 Å². The first kappa shape index (κ1) is 27.9. The predicted octanol–water partition coefficient (Wildman–Crippen LogP) is 3.45. The normalized spacial score (nSPS) is 26.2.